The number of hydrogen-bond donors (Lipinski definition) is 1. The van der Waals surface area contributed by atoms with Crippen LogP contribution in [0.4, 0.5) is 5.69 Å². The number of carbonyl (C=O) groups is 2. The largest absolute Gasteiger partial charge is 0.488 e. The van der Waals surface area contributed by atoms with Crippen molar-refractivity contribution in [2.75, 3.05) is 5.01 Å². The van der Waals surface area contributed by atoms with E-state index < -0.39 is 11.8 Å². The summed E-state index contributed by atoms with van der Waals surface area (Å²) < 4.78 is 6.70. The third-order valence-corrected chi connectivity index (χ3v) is 5.54. The highest BCUT2D eigenvalue weighted by Crippen LogP contribution is 2.26. The van der Waals surface area contributed by atoms with Crippen LogP contribution in [0.2, 0.25) is 0 Å². The number of rotatable bonds is 5. The topological polar surface area (TPSA) is 82.4 Å². The summed E-state index contributed by atoms with van der Waals surface area (Å²) in [5, 5.41) is 10.4. The number of para-hydroxylation sites is 1. The Morgan fingerprint density at radius 1 is 1.03 bits per heavy atom. The smallest absolute Gasteiger partial charge is 0.282 e. The number of nitriles is 1. The molecule has 0 atom stereocenters. The fourth-order valence-corrected chi connectivity index (χ4v) is 3.81. The summed E-state index contributed by atoms with van der Waals surface area (Å²) in [6.45, 7) is 0.271. The normalized spacial score (nSPS) is 14.5. The predicted molar refractivity (Wildman–Crippen MR) is 125 cm³/mol. The maximum atomic E-state index is 12.7. The quantitative estimate of drug-likeness (QED) is 0.310. The number of hydrogen-bond acceptors (Lipinski definition) is 4. The highest BCUT2D eigenvalue weighted by atomic mass is 127. The first-order valence-electron chi connectivity index (χ1n) is 9.39. The van der Waals surface area contributed by atoms with Gasteiger partial charge in [-0.3, -0.25) is 15.0 Å². The molecule has 0 saturated carbocycles. The SMILES string of the molecule is N#Cc1ccccc1COc1ccc(/C=C2/C(=O)NN(c3ccccc3)C2=O)cc1I. The molecule has 0 aliphatic carbocycles. The Kier molecular flexibility index (Phi) is 6.00. The van der Waals surface area contributed by atoms with Crippen LogP contribution in [0.25, 0.3) is 6.08 Å². The van der Waals surface area contributed by atoms with E-state index in [1.807, 2.05) is 30.3 Å². The highest BCUT2D eigenvalue weighted by Gasteiger charge is 2.34. The summed E-state index contributed by atoms with van der Waals surface area (Å²) >= 11 is 2.14. The summed E-state index contributed by atoms with van der Waals surface area (Å²) in [5.41, 5.74) is 5.35. The molecule has 3 aromatic rings. The van der Waals surface area contributed by atoms with Gasteiger partial charge in [-0.15, -0.1) is 0 Å². The highest BCUT2D eigenvalue weighted by molar-refractivity contribution is 14.1. The molecule has 4 rings (SSSR count). The van der Waals surface area contributed by atoms with E-state index in [2.05, 4.69) is 34.1 Å². The Morgan fingerprint density at radius 2 is 1.77 bits per heavy atom. The van der Waals surface area contributed by atoms with Gasteiger partial charge in [0.1, 0.15) is 17.9 Å². The van der Waals surface area contributed by atoms with Crippen LogP contribution < -0.4 is 15.2 Å². The zero-order valence-corrected chi connectivity index (χ0v) is 18.4. The number of ether oxygens (including phenoxy) is 1. The van der Waals surface area contributed by atoms with E-state index in [1.54, 1.807) is 48.5 Å². The second kappa shape index (κ2) is 9.02. The van der Waals surface area contributed by atoms with Gasteiger partial charge in [-0.2, -0.15) is 5.26 Å². The molecule has 31 heavy (non-hydrogen) atoms. The van der Waals surface area contributed by atoms with Crippen LogP contribution in [0.15, 0.2) is 78.4 Å². The standard InChI is InChI=1S/C24H16IN3O3/c25-21-13-16(10-11-22(21)31-15-18-7-5-4-6-17(18)14-26)12-20-23(29)27-28(24(20)30)19-8-2-1-3-9-19/h1-13H,15H2,(H,27,29)/b20-12-. The Bertz CT molecular complexity index is 1230. The van der Waals surface area contributed by atoms with Crippen LogP contribution >= 0.6 is 22.6 Å². The van der Waals surface area contributed by atoms with Gasteiger partial charge in [-0.25, -0.2) is 5.01 Å². The van der Waals surface area contributed by atoms with Gasteiger partial charge in [-0.05, 0) is 64.6 Å². The van der Waals surface area contributed by atoms with Crippen molar-refractivity contribution in [2.45, 2.75) is 6.61 Å². The van der Waals surface area contributed by atoms with Crippen molar-refractivity contribution < 1.29 is 14.3 Å². The van der Waals surface area contributed by atoms with E-state index in [9.17, 15) is 14.9 Å². The molecular weight excluding hydrogens is 505 g/mol. The van der Waals surface area contributed by atoms with Crippen LogP contribution in [0, 0.1) is 14.9 Å². The molecule has 152 valence electrons. The molecule has 7 heteroatoms. The third-order valence-electron chi connectivity index (χ3n) is 4.69. The van der Waals surface area contributed by atoms with Gasteiger partial charge < -0.3 is 4.74 Å². The molecular formula is C24H16IN3O3. The van der Waals surface area contributed by atoms with Crippen molar-refractivity contribution in [3.05, 3.63) is 98.6 Å². The number of benzene rings is 3. The van der Waals surface area contributed by atoms with Gasteiger partial charge in [-0.1, -0.05) is 42.5 Å². The van der Waals surface area contributed by atoms with Crippen molar-refractivity contribution in [1.29, 1.82) is 5.26 Å². The number of nitrogens with one attached hydrogen (secondary N) is 1. The molecule has 1 aliphatic heterocycles. The minimum Gasteiger partial charge on any atom is -0.488 e. The zero-order valence-electron chi connectivity index (χ0n) is 16.2. The van der Waals surface area contributed by atoms with E-state index in [4.69, 9.17) is 4.74 Å². The first-order valence-corrected chi connectivity index (χ1v) is 10.5. The lowest BCUT2D eigenvalue weighted by Crippen LogP contribution is -2.35. The number of amides is 2. The molecule has 3 aromatic carbocycles. The average Bonchev–Trinajstić information content (AvgIpc) is 3.07. The van der Waals surface area contributed by atoms with Gasteiger partial charge in [0.05, 0.1) is 20.9 Å². The van der Waals surface area contributed by atoms with E-state index in [1.165, 1.54) is 5.01 Å². The summed E-state index contributed by atoms with van der Waals surface area (Å²) in [5.74, 6) is -0.194. The minimum atomic E-state index is -0.447. The van der Waals surface area contributed by atoms with Crippen molar-refractivity contribution in [3.8, 4) is 11.8 Å². The molecule has 0 spiro atoms. The fourth-order valence-electron chi connectivity index (χ4n) is 3.12. The van der Waals surface area contributed by atoms with Gasteiger partial charge >= 0.3 is 0 Å². The Labute approximate surface area is 192 Å². The maximum absolute atomic E-state index is 12.7. The lowest BCUT2D eigenvalue weighted by atomic mass is 10.1. The lowest BCUT2D eigenvalue weighted by molar-refractivity contribution is -0.117. The first kappa shape index (κ1) is 20.6. The summed E-state index contributed by atoms with van der Waals surface area (Å²) in [7, 11) is 0. The van der Waals surface area contributed by atoms with Crippen LogP contribution in [-0.4, -0.2) is 11.8 Å². The van der Waals surface area contributed by atoms with Crippen LogP contribution in [-0.2, 0) is 16.2 Å². The van der Waals surface area contributed by atoms with E-state index in [0.717, 1.165) is 9.13 Å². The molecule has 0 radical (unpaired) electrons. The fraction of sp³-hybridized carbons (Fsp3) is 0.0417. The van der Waals surface area contributed by atoms with Crippen molar-refractivity contribution in [3.63, 3.8) is 0 Å². The monoisotopic (exact) mass is 521 g/mol. The minimum absolute atomic E-state index is 0.0660. The van der Waals surface area contributed by atoms with Gasteiger partial charge in [0.15, 0.2) is 0 Å². The van der Waals surface area contributed by atoms with Crippen molar-refractivity contribution in [1.82, 2.24) is 5.43 Å². The molecule has 0 unspecified atom stereocenters. The second-order valence-electron chi connectivity index (χ2n) is 6.72. The molecule has 1 aliphatic rings. The molecule has 1 heterocycles. The van der Waals surface area contributed by atoms with Crippen molar-refractivity contribution in [2.24, 2.45) is 0 Å². The van der Waals surface area contributed by atoms with Gasteiger partial charge in [0.2, 0.25) is 0 Å². The number of anilines is 1. The Balaban J connectivity index is 1.51. The predicted octanol–water partition coefficient (Wildman–Crippen LogP) is 4.20. The Morgan fingerprint density at radius 3 is 2.52 bits per heavy atom. The number of nitrogens with zero attached hydrogens (tertiary/aromatic N) is 2. The van der Waals surface area contributed by atoms with Crippen LogP contribution in [0.3, 0.4) is 0 Å². The molecule has 2 amide bonds. The maximum Gasteiger partial charge on any atom is 0.282 e. The molecule has 1 saturated heterocycles. The van der Waals surface area contributed by atoms with E-state index in [-0.39, 0.29) is 12.2 Å². The van der Waals surface area contributed by atoms with Gasteiger partial charge in [0.25, 0.3) is 11.8 Å². The molecule has 6 nitrogen and oxygen atoms in total. The number of hydrazine groups is 1. The van der Waals surface area contributed by atoms with Crippen molar-refractivity contribution >= 4 is 46.2 Å². The number of carbonyl (C=O) groups excluding carboxylic acids is 2. The number of halogens is 1. The molecule has 1 N–H and O–H groups in total. The van der Waals surface area contributed by atoms with E-state index in [0.29, 0.717) is 22.6 Å². The first-order chi connectivity index (χ1) is 15.1. The zero-order chi connectivity index (χ0) is 21.8. The lowest BCUT2D eigenvalue weighted by Gasteiger charge is -2.13. The summed E-state index contributed by atoms with van der Waals surface area (Å²) in [6, 6.07) is 23.8. The Hall–Kier alpha value is -3.64. The average molecular weight is 521 g/mol. The summed E-state index contributed by atoms with van der Waals surface area (Å²) in [6.07, 6.45) is 1.57. The van der Waals surface area contributed by atoms with E-state index >= 15 is 0 Å². The second-order valence-corrected chi connectivity index (χ2v) is 7.88. The van der Waals surface area contributed by atoms with Crippen LogP contribution in [0.1, 0.15) is 16.7 Å². The molecule has 0 aromatic heterocycles. The van der Waals surface area contributed by atoms with Crippen LogP contribution in [0.5, 0.6) is 5.75 Å². The van der Waals surface area contributed by atoms with Gasteiger partial charge in [0, 0.05) is 5.56 Å². The molecule has 1 fully saturated rings. The summed E-state index contributed by atoms with van der Waals surface area (Å²) in [4.78, 5) is 25.1. The third kappa shape index (κ3) is 4.44. The molecule has 0 bridgehead atoms.